The highest BCUT2D eigenvalue weighted by Gasteiger charge is 2.27. The van der Waals surface area contributed by atoms with E-state index in [1.807, 2.05) is 35.6 Å². The van der Waals surface area contributed by atoms with E-state index in [9.17, 15) is 0 Å². The van der Waals surface area contributed by atoms with Crippen LogP contribution in [0.2, 0.25) is 0 Å². The van der Waals surface area contributed by atoms with E-state index in [-0.39, 0.29) is 0 Å². The van der Waals surface area contributed by atoms with Gasteiger partial charge >= 0.3 is 0 Å². The number of fused-ring (bicyclic) bond motifs is 20. The molecule has 0 bridgehead atoms. The topological polar surface area (TPSA) is 57.0 Å². The summed E-state index contributed by atoms with van der Waals surface area (Å²) in [4.78, 5) is 11.1. The molecule has 0 saturated heterocycles. The molecule has 14 aromatic rings. The Labute approximate surface area is 332 Å². The molecule has 5 heterocycles. The summed E-state index contributed by atoms with van der Waals surface area (Å²) in [6.07, 6.45) is 0. The van der Waals surface area contributed by atoms with Crippen LogP contribution in [0.4, 0.5) is 0 Å². The van der Waals surface area contributed by atoms with E-state index in [1.54, 1.807) is 0 Å². The predicted octanol–water partition coefficient (Wildman–Crippen LogP) is 14.9. The van der Waals surface area contributed by atoms with Crippen molar-refractivity contribution in [3.05, 3.63) is 164 Å². The number of para-hydroxylation sites is 2. The van der Waals surface area contributed by atoms with Crippen LogP contribution < -0.4 is 0 Å². The molecule has 0 aliphatic carbocycles. The summed E-state index contributed by atoms with van der Waals surface area (Å²) in [5.41, 5.74) is 6.89. The van der Waals surface area contributed by atoms with Gasteiger partial charge in [0.2, 0.25) is 11.7 Å². The smallest absolute Gasteiger partial charge is 0.238 e. The van der Waals surface area contributed by atoms with E-state index in [2.05, 4.69) is 144 Å². The third kappa shape index (κ3) is 3.89. The van der Waals surface area contributed by atoms with Crippen molar-refractivity contribution in [3.8, 4) is 17.2 Å². The van der Waals surface area contributed by atoms with Gasteiger partial charge in [-0.2, -0.15) is 4.98 Å². The molecule has 0 saturated carbocycles. The Kier molecular flexibility index (Phi) is 5.85. The summed E-state index contributed by atoms with van der Waals surface area (Å²) in [5, 5.41) is 16.0. The van der Waals surface area contributed by atoms with E-state index in [1.165, 1.54) is 52.5 Å². The summed E-state index contributed by atoms with van der Waals surface area (Å²) >= 11 is 1.84. The Morgan fingerprint density at radius 1 is 0.431 bits per heavy atom. The lowest BCUT2D eigenvalue weighted by molar-refractivity contribution is 0.651. The van der Waals surface area contributed by atoms with Crippen LogP contribution in [0.1, 0.15) is 0 Å². The molecule has 268 valence electrons. The number of hydrogen-bond acceptors (Lipinski definition) is 5. The van der Waals surface area contributed by atoms with Gasteiger partial charge in [0.1, 0.15) is 16.7 Å². The Balaban J connectivity index is 1.22. The summed E-state index contributed by atoms with van der Waals surface area (Å²) in [5.74, 6) is 0.555. The van der Waals surface area contributed by atoms with E-state index in [4.69, 9.17) is 18.8 Å². The Morgan fingerprint density at radius 3 is 1.83 bits per heavy atom. The fourth-order valence-electron chi connectivity index (χ4n) is 9.83. The summed E-state index contributed by atoms with van der Waals surface area (Å²) in [6.45, 7) is 0. The molecule has 9 aromatic carbocycles. The molecule has 14 rings (SSSR count). The van der Waals surface area contributed by atoms with E-state index in [0.29, 0.717) is 11.7 Å². The van der Waals surface area contributed by atoms with Crippen molar-refractivity contribution < 1.29 is 8.83 Å². The Hall–Kier alpha value is -7.54. The largest absolute Gasteiger partial charge is 0.456 e. The molecule has 5 nitrogen and oxygen atoms in total. The number of aromatic nitrogens is 3. The van der Waals surface area contributed by atoms with Gasteiger partial charge in [-0.3, -0.25) is 4.57 Å². The highest BCUT2D eigenvalue weighted by atomic mass is 32.1. The first-order chi connectivity index (χ1) is 28.8. The van der Waals surface area contributed by atoms with Crippen molar-refractivity contribution >= 4 is 130 Å². The van der Waals surface area contributed by atoms with Crippen LogP contribution in [-0.4, -0.2) is 14.5 Å². The maximum Gasteiger partial charge on any atom is 0.238 e. The minimum absolute atomic E-state index is 0.541. The maximum absolute atomic E-state index is 6.72. The quantitative estimate of drug-likeness (QED) is 0.176. The van der Waals surface area contributed by atoms with Gasteiger partial charge in [0.25, 0.3) is 0 Å². The SMILES string of the molecule is c1ccc2c(c1)ccc1c2c2c3ccccc3c3c4ccccc4sc3c2n1-c1nc(-c2cc3oc4ccccc4c3c3ccccc23)c2c(n1)oc1ccccc12. The number of thiophene rings is 1. The van der Waals surface area contributed by atoms with Crippen LogP contribution in [0.25, 0.3) is 136 Å². The van der Waals surface area contributed by atoms with Gasteiger partial charge in [-0.15, -0.1) is 11.3 Å². The van der Waals surface area contributed by atoms with Gasteiger partial charge in [-0.25, -0.2) is 4.98 Å². The lowest BCUT2D eigenvalue weighted by Crippen LogP contribution is -2.03. The normalized spacial score (nSPS) is 12.5. The Bertz CT molecular complexity index is 4110. The van der Waals surface area contributed by atoms with Gasteiger partial charge in [0.15, 0.2) is 0 Å². The molecule has 0 atom stereocenters. The number of furan rings is 2. The second kappa shape index (κ2) is 11.1. The van der Waals surface area contributed by atoms with Gasteiger partial charge in [0, 0.05) is 48.0 Å². The van der Waals surface area contributed by atoms with Crippen LogP contribution >= 0.6 is 11.3 Å². The molecule has 6 heteroatoms. The molecule has 0 amide bonds. The maximum atomic E-state index is 6.72. The zero-order valence-electron chi connectivity index (χ0n) is 30.7. The van der Waals surface area contributed by atoms with Gasteiger partial charge in [-0.1, -0.05) is 133 Å². The van der Waals surface area contributed by atoms with Crippen molar-refractivity contribution in [2.75, 3.05) is 0 Å². The first-order valence-electron chi connectivity index (χ1n) is 19.5. The number of rotatable bonds is 2. The highest BCUT2D eigenvalue weighted by Crippen LogP contribution is 2.50. The van der Waals surface area contributed by atoms with Crippen molar-refractivity contribution in [2.24, 2.45) is 0 Å². The zero-order valence-corrected chi connectivity index (χ0v) is 31.5. The first kappa shape index (κ1) is 30.7. The monoisotopic (exact) mass is 757 g/mol. The molecule has 0 unspecified atom stereocenters. The lowest BCUT2D eigenvalue weighted by Gasteiger charge is -2.13. The van der Waals surface area contributed by atoms with Crippen molar-refractivity contribution in [3.63, 3.8) is 0 Å². The molecular weight excluding hydrogens is 731 g/mol. The van der Waals surface area contributed by atoms with Gasteiger partial charge in [0.05, 0.1) is 26.8 Å². The zero-order chi connectivity index (χ0) is 37.6. The van der Waals surface area contributed by atoms with E-state index in [0.717, 1.165) is 71.4 Å². The molecule has 58 heavy (non-hydrogen) atoms. The molecule has 0 fully saturated rings. The summed E-state index contributed by atoms with van der Waals surface area (Å²) < 4.78 is 18.1. The number of nitrogens with zero attached hydrogens (tertiary/aromatic N) is 3. The van der Waals surface area contributed by atoms with Crippen LogP contribution in [-0.2, 0) is 0 Å². The molecule has 0 N–H and O–H groups in total. The van der Waals surface area contributed by atoms with Crippen molar-refractivity contribution in [1.82, 2.24) is 14.5 Å². The fourth-order valence-corrected chi connectivity index (χ4v) is 11.1. The second-order valence-electron chi connectivity index (χ2n) is 15.2. The minimum atomic E-state index is 0.541. The molecule has 0 aliphatic heterocycles. The van der Waals surface area contributed by atoms with Gasteiger partial charge < -0.3 is 8.83 Å². The van der Waals surface area contributed by atoms with Crippen LogP contribution in [0.3, 0.4) is 0 Å². The van der Waals surface area contributed by atoms with E-state index >= 15 is 0 Å². The van der Waals surface area contributed by atoms with Crippen molar-refractivity contribution in [2.45, 2.75) is 0 Å². The van der Waals surface area contributed by atoms with Crippen molar-refractivity contribution in [1.29, 1.82) is 0 Å². The molecular formula is C52H27N3O2S. The number of benzene rings is 9. The molecule has 0 spiro atoms. The third-order valence-electron chi connectivity index (χ3n) is 12.2. The number of hydrogen-bond donors (Lipinski definition) is 0. The molecule has 0 radical (unpaired) electrons. The summed E-state index contributed by atoms with van der Waals surface area (Å²) in [6, 6.07) is 58.0. The van der Waals surface area contributed by atoms with Gasteiger partial charge in [-0.05, 0) is 62.6 Å². The van der Waals surface area contributed by atoms with E-state index < -0.39 is 0 Å². The highest BCUT2D eigenvalue weighted by molar-refractivity contribution is 7.27. The second-order valence-corrected chi connectivity index (χ2v) is 16.2. The predicted molar refractivity (Wildman–Crippen MR) is 242 cm³/mol. The Morgan fingerprint density at radius 2 is 1.03 bits per heavy atom. The standard InChI is InChI=1S/C52H27N3O2S/c1-2-14-29-28(13-1)25-26-38-45(29)46-33-18-6-5-17-32(33)44-36-21-9-12-24-42(36)58-50(44)49(46)55(38)52-53-48(47-35-20-8-11-23-40(35)57-51(47)54-52)37-27-41-43(31-16-4-3-15-30(31)37)34-19-7-10-22-39(34)56-41/h1-27H. The van der Waals surface area contributed by atoms with Crippen LogP contribution in [0.15, 0.2) is 173 Å². The average molecular weight is 758 g/mol. The first-order valence-corrected chi connectivity index (χ1v) is 20.3. The van der Waals surface area contributed by atoms with Crippen LogP contribution in [0, 0.1) is 0 Å². The third-order valence-corrected chi connectivity index (χ3v) is 13.4. The average Bonchev–Trinajstić information content (AvgIpc) is 4.05. The minimum Gasteiger partial charge on any atom is -0.456 e. The lowest BCUT2D eigenvalue weighted by atomic mass is 9.96. The fraction of sp³-hybridized carbons (Fsp3) is 0. The molecule has 0 aliphatic rings. The molecule has 5 aromatic heterocycles. The van der Waals surface area contributed by atoms with Crippen LogP contribution in [0.5, 0.6) is 0 Å². The summed E-state index contributed by atoms with van der Waals surface area (Å²) in [7, 11) is 0.